The van der Waals surface area contributed by atoms with E-state index in [9.17, 15) is 4.39 Å². The van der Waals surface area contributed by atoms with Gasteiger partial charge in [-0.3, -0.25) is 0 Å². The summed E-state index contributed by atoms with van der Waals surface area (Å²) < 4.78 is 13.2. The van der Waals surface area contributed by atoms with Gasteiger partial charge in [-0.2, -0.15) is 0 Å². The summed E-state index contributed by atoms with van der Waals surface area (Å²) in [5.41, 5.74) is 0.201. The quantitative estimate of drug-likeness (QED) is 0.582. The van der Waals surface area contributed by atoms with Gasteiger partial charge in [-0.1, -0.05) is 41.9 Å². The number of benzene rings is 1. The minimum Gasteiger partial charge on any atom is -0.206 e. The van der Waals surface area contributed by atoms with Crippen LogP contribution in [0.1, 0.15) is 13.8 Å². The number of alkyl halides is 1. The number of hydrogen-bond donors (Lipinski definition) is 0. The molecule has 0 aliphatic carbocycles. The smallest absolute Gasteiger partial charge is 0.136 e. The standard InChI is InChI=1S/C11H14BrFS/c1-11(2,7-12)8-14-10-6-4-3-5-9(10)13/h3-6H,7-8H2,1-2H3. The normalized spacial score (nSPS) is 11.7. The summed E-state index contributed by atoms with van der Waals surface area (Å²) in [4.78, 5) is 0.738. The molecular weight excluding hydrogens is 263 g/mol. The number of halogens is 2. The van der Waals surface area contributed by atoms with E-state index in [1.54, 1.807) is 17.8 Å². The molecular formula is C11H14BrFS. The van der Waals surface area contributed by atoms with Gasteiger partial charge in [-0.05, 0) is 17.5 Å². The van der Waals surface area contributed by atoms with Gasteiger partial charge in [0.15, 0.2) is 0 Å². The Morgan fingerprint density at radius 3 is 2.57 bits per heavy atom. The van der Waals surface area contributed by atoms with Crippen LogP contribution in [-0.2, 0) is 0 Å². The molecule has 0 nitrogen and oxygen atoms in total. The molecule has 0 fully saturated rings. The lowest BCUT2D eigenvalue weighted by atomic mass is 10.0. The molecule has 1 aromatic rings. The highest BCUT2D eigenvalue weighted by Gasteiger charge is 2.17. The van der Waals surface area contributed by atoms with Gasteiger partial charge < -0.3 is 0 Å². The van der Waals surface area contributed by atoms with Crippen LogP contribution in [0.25, 0.3) is 0 Å². The molecule has 78 valence electrons. The Morgan fingerprint density at radius 2 is 2.00 bits per heavy atom. The van der Waals surface area contributed by atoms with E-state index >= 15 is 0 Å². The lowest BCUT2D eigenvalue weighted by Gasteiger charge is -2.20. The molecule has 0 radical (unpaired) electrons. The fraction of sp³-hybridized carbons (Fsp3) is 0.455. The summed E-state index contributed by atoms with van der Waals surface area (Å²) in [5.74, 6) is 0.794. The molecule has 0 unspecified atom stereocenters. The first-order chi connectivity index (χ1) is 6.55. The maximum Gasteiger partial charge on any atom is 0.136 e. The third-order valence-corrected chi connectivity index (χ3v) is 4.90. The highest BCUT2D eigenvalue weighted by molar-refractivity contribution is 9.09. The molecule has 0 amide bonds. The van der Waals surface area contributed by atoms with Crippen LogP contribution < -0.4 is 0 Å². The van der Waals surface area contributed by atoms with Crippen molar-refractivity contribution in [2.24, 2.45) is 5.41 Å². The Hall–Kier alpha value is -0.0200. The average molecular weight is 277 g/mol. The van der Waals surface area contributed by atoms with Crippen molar-refractivity contribution in [3.63, 3.8) is 0 Å². The van der Waals surface area contributed by atoms with Gasteiger partial charge in [-0.15, -0.1) is 11.8 Å². The van der Waals surface area contributed by atoms with E-state index in [1.807, 2.05) is 12.1 Å². The Labute approximate surface area is 97.4 Å². The molecule has 3 heteroatoms. The molecule has 0 saturated carbocycles. The van der Waals surface area contributed by atoms with Crippen LogP contribution in [0.4, 0.5) is 4.39 Å². The van der Waals surface area contributed by atoms with Crippen molar-refractivity contribution < 1.29 is 4.39 Å². The number of thioether (sulfide) groups is 1. The molecule has 0 spiro atoms. The van der Waals surface area contributed by atoms with Gasteiger partial charge in [0.05, 0.1) is 0 Å². The van der Waals surface area contributed by atoms with Gasteiger partial charge >= 0.3 is 0 Å². The predicted molar refractivity (Wildman–Crippen MR) is 64.7 cm³/mol. The van der Waals surface area contributed by atoms with E-state index in [1.165, 1.54) is 6.07 Å². The van der Waals surface area contributed by atoms with E-state index in [0.717, 1.165) is 16.0 Å². The van der Waals surface area contributed by atoms with Gasteiger partial charge in [0.1, 0.15) is 5.82 Å². The molecule has 0 aliphatic heterocycles. The van der Waals surface area contributed by atoms with Gasteiger partial charge in [-0.25, -0.2) is 4.39 Å². The summed E-state index contributed by atoms with van der Waals surface area (Å²) in [6.45, 7) is 4.32. The van der Waals surface area contributed by atoms with Crippen LogP contribution in [0.5, 0.6) is 0 Å². The molecule has 0 bridgehead atoms. The Kier molecular flexibility index (Phi) is 4.45. The molecule has 0 heterocycles. The van der Waals surface area contributed by atoms with Crippen LogP contribution in [0, 0.1) is 11.2 Å². The molecule has 0 N–H and O–H groups in total. The van der Waals surface area contributed by atoms with Gasteiger partial charge in [0.25, 0.3) is 0 Å². The van der Waals surface area contributed by atoms with Crippen molar-refractivity contribution in [2.75, 3.05) is 11.1 Å². The van der Waals surface area contributed by atoms with Crippen molar-refractivity contribution in [3.8, 4) is 0 Å². The molecule has 1 rings (SSSR count). The van der Waals surface area contributed by atoms with Crippen LogP contribution in [0.15, 0.2) is 29.2 Å². The van der Waals surface area contributed by atoms with E-state index in [2.05, 4.69) is 29.8 Å². The highest BCUT2D eigenvalue weighted by atomic mass is 79.9. The molecule has 0 saturated heterocycles. The molecule has 1 aromatic carbocycles. The lowest BCUT2D eigenvalue weighted by molar-refractivity contribution is 0.495. The zero-order chi connectivity index (χ0) is 10.6. The van der Waals surface area contributed by atoms with E-state index in [-0.39, 0.29) is 11.2 Å². The fourth-order valence-electron chi connectivity index (χ4n) is 0.873. The number of hydrogen-bond acceptors (Lipinski definition) is 1. The summed E-state index contributed by atoms with van der Waals surface area (Å²) in [7, 11) is 0. The zero-order valence-electron chi connectivity index (χ0n) is 8.39. The third-order valence-electron chi connectivity index (χ3n) is 1.82. The number of rotatable bonds is 4. The topological polar surface area (TPSA) is 0 Å². The highest BCUT2D eigenvalue weighted by Crippen LogP contribution is 2.30. The second-order valence-electron chi connectivity index (χ2n) is 4.02. The maximum absolute atomic E-state index is 13.2. The van der Waals surface area contributed by atoms with E-state index in [4.69, 9.17) is 0 Å². The first kappa shape index (κ1) is 12.1. The Bertz CT molecular complexity index is 299. The van der Waals surface area contributed by atoms with Crippen LogP contribution in [-0.4, -0.2) is 11.1 Å². The average Bonchev–Trinajstić information content (AvgIpc) is 2.17. The van der Waals surface area contributed by atoms with Crippen LogP contribution in [0.3, 0.4) is 0 Å². The minimum absolute atomic E-state index is 0.122. The SMILES string of the molecule is CC(C)(CBr)CSc1ccccc1F. The second kappa shape index (κ2) is 5.17. The summed E-state index contributed by atoms with van der Waals surface area (Å²) in [5, 5.41) is 0.932. The maximum atomic E-state index is 13.2. The summed E-state index contributed by atoms with van der Waals surface area (Å²) >= 11 is 5.03. The monoisotopic (exact) mass is 276 g/mol. The van der Waals surface area contributed by atoms with Crippen molar-refractivity contribution in [1.82, 2.24) is 0 Å². The summed E-state index contributed by atoms with van der Waals surface area (Å²) in [6.07, 6.45) is 0. The molecule has 0 atom stereocenters. The van der Waals surface area contributed by atoms with E-state index < -0.39 is 0 Å². The predicted octanol–water partition coefficient (Wildman–Crippen LogP) is 4.34. The summed E-state index contributed by atoms with van der Waals surface area (Å²) in [6, 6.07) is 6.91. The fourth-order valence-corrected chi connectivity index (χ4v) is 2.36. The van der Waals surface area contributed by atoms with Gasteiger partial charge in [0.2, 0.25) is 0 Å². The molecule has 0 aliphatic rings. The molecule has 0 aromatic heterocycles. The van der Waals surface area contributed by atoms with Crippen molar-refractivity contribution in [1.29, 1.82) is 0 Å². The first-order valence-electron chi connectivity index (χ1n) is 4.48. The van der Waals surface area contributed by atoms with Crippen LogP contribution >= 0.6 is 27.7 Å². The van der Waals surface area contributed by atoms with Crippen molar-refractivity contribution in [3.05, 3.63) is 30.1 Å². The lowest BCUT2D eigenvalue weighted by Crippen LogP contribution is -2.16. The van der Waals surface area contributed by atoms with E-state index in [0.29, 0.717) is 0 Å². The van der Waals surface area contributed by atoms with Gasteiger partial charge in [0, 0.05) is 16.0 Å². The van der Waals surface area contributed by atoms with Crippen LogP contribution in [0.2, 0.25) is 0 Å². The van der Waals surface area contributed by atoms with Crippen molar-refractivity contribution in [2.45, 2.75) is 18.7 Å². The zero-order valence-corrected chi connectivity index (χ0v) is 10.8. The molecule has 14 heavy (non-hydrogen) atoms. The van der Waals surface area contributed by atoms with Crippen molar-refractivity contribution >= 4 is 27.7 Å². The largest absolute Gasteiger partial charge is 0.206 e. The third kappa shape index (κ3) is 3.62. The second-order valence-corrected chi connectivity index (χ2v) is 5.59. The first-order valence-corrected chi connectivity index (χ1v) is 6.59. The Balaban J connectivity index is 2.58. The minimum atomic E-state index is -0.122. The Morgan fingerprint density at radius 1 is 1.36 bits per heavy atom.